The summed E-state index contributed by atoms with van der Waals surface area (Å²) >= 11 is 5.74. The van der Waals surface area contributed by atoms with Crippen molar-refractivity contribution in [2.45, 2.75) is 6.42 Å². The van der Waals surface area contributed by atoms with Gasteiger partial charge in [-0.15, -0.1) is 0 Å². The summed E-state index contributed by atoms with van der Waals surface area (Å²) in [5, 5.41) is 3.60. The third-order valence-corrected chi connectivity index (χ3v) is 2.25. The zero-order chi connectivity index (χ0) is 11.2. The molecule has 0 unspecified atom stereocenters. The van der Waals surface area contributed by atoms with Gasteiger partial charge in [0.25, 0.3) is 0 Å². The molecule has 0 aliphatic rings. The van der Waals surface area contributed by atoms with Crippen molar-refractivity contribution < 1.29 is 0 Å². The van der Waals surface area contributed by atoms with Gasteiger partial charge < -0.3 is 5.32 Å². The Morgan fingerprint density at radius 2 is 2.12 bits per heavy atom. The van der Waals surface area contributed by atoms with Crippen molar-refractivity contribution in [2.24, 2.45) is 0 Å². The minimum absolute atomic E-state index is 0.440. The summed E-state index contributed by atoms with van der Waals surface area (Å²) in [5.41, 5.74) is 1.05. The van der Waals surface area contributed by atoms with Crippen molar-refractivity contribution in [3.05, 3.63) is 47.6 Å². The van der Waals surface area contributed by atoms with Crippen LogP contribution in [0.5, 0.6) is 0 Å². The van der Waals surface area contributed by atoms with E-state index in [1.807, 2.05) is 18.2 Å². The number of hydrogen-bond donors (Lipinski definition) is 1. The maximum atomic E-state index is 5.74. The number of nitrogens with one attached hydrogen (secondary N) is 1. The van der Waals surface area contributed by atoms with Gasteiger partial charge in [0.2, 0.25) is 0 Å². The Morgan fingerprint density at radius 1 is 1.19 bits per heavy atom. The quantitative estimate of drug-likeness (QED) is 0.824. The number of rotatable bonds is 4. The summed E-state index contributed by atoms with van der Waals surface area (Å²) in [6, 6.07) is 7.57. The van der Waals surface area contributed by atoms with Gasteiger partial charge in [-0.1, -0.05) is 17.7 Å². The van der Waals surface area contributed by atoms with E-state index in [2.05, 4.69) is 20.3 Å². The molecule has 0 amide bonds. The number of hydrogen-bond acceptors (Lipinski definition) is 4. The summed E-state index contributed by atoms with van der Waals surface area (Å²) in [6.45, 7) is 0.768. The standard InChI is InChI=1S/C11H11ClN4/c12-10-7-11(16-8-15-10)14-6-4-9-3-1-2-5-13-9/h1-3,5,7-8H,4,6H2,(H,14,15,16). The third-order valence-electron chi connectivity index (χ3n) is 2.05. The van der Waals surface area contributed by atoms with Gasteiger partial charge in [0.15, 0.2) is 0 Å². The fourth-order valence-corrected chi connectivity index (χ4v) is 1.44. The first-order chi connectivity index (χ1) is 7.84. The highest BCUT2D eigenvalue weighted by atomic mass is 35.5. The van der Waals surface area contributed by atoms with Gasteiger partial charge in [0.1, 0.15) is 17.3 Å². The minimum atomic E-state index is 0.440. The van der Waals surface area contributed by atoms with Gasteiger partial charge in [-0.2, -0.15) is 0 Å². The highest BCUT2D eigenvalue weighted by Gasteiger charge is 1.96. The Labute approximate surface area is 98.7 Å². The van der Waals surface area contributed by atoms with Crippen molar-refractivity contribution in [3.63, 3.8) is 0 Å². The Balaban J connectivity index is 1.85. The van der Waals surface area contributed by atoms with Crippen molar-refractivity contribution in [1.82, 2.24) is 15.0 Å². The summed E-state index contributed by atoms with van der Waals surface area (Å²) in [5.74, 6) is 0.732. The lowest BCUT2D eigenvalue weighted by molar-refractivity contribution is 0.951. The molecule has 0 fully saturated rings. The maximum absolute atomic E-state index is 5.74. The highest BCUT2D eigenvalue weighted by Crippen LogP contribution is 2.08. The van der Waals surface area contributed by atoms with E-state index >= 15 is 0 Å². The molecule has 1 N–H and O–H groups in total. The maximum Gasteiger partial charge on any atom is 0.134 e. The molecule has 4 nitrogen and oxygen atoms in total. The van der Waals surface area contributed by atoms with Crippen molar-refractivity contribution in [1.29, 1.82) is 0 Å². The molecule has 0 saturated heterocycles. The zero-order valence-corrected chi connectivity index (χ0v) is 9.35. The molecule has 0 saturated carbocycles. The third kappa shape index (κ3) is 3.17. The predicted molar refractivity (Wildman–Crippen MR) is 63.5 cm³/mol. The molecule has 5 heteroatoms. The Kier molecular flexibility index (Phi) is 3.66. The molecular weight excluding hydrogens is 224 g/mol. The molecule has 82 valence electrons. The Hall–Kier alpha value is -1.68. The second-order valence-corrected chi connectivity index (χ2v) is 3.61. The topological polar surface area (TPSA) is 50.7 Å². The molecule has 2 rings (SSSR count). The normalized spacial score (nSPS) is 10.1. The van der Waals surface area contributed by atoms with Crippen LogP contribution in [0.4, 0.5) is 5.82 Å². The molecule has 0 bridgehead atoms. The van der Waals surface area contributed by atoms with Gasteiger partial charge in [0.05, 0.1) is 0 Å². The van der Waals surface area contributed by atoms with Crippen LogP contribution in [0.15, 0.2) is 36.8 Å². The van der Waals surface area contributed by atoms with Crippen molar-refractivity contribution in [3.8, 4) is 0 Å². The van der Waals surface area contributed by atoms with E-state index in [1.54, 1.807) is 12.3 Å². The number of anilines is 1. The van der Waals surface area contributed by atoms with E-state index in [4.69, 9.17) is 11.6 Å². The van der Waals surface area contributed by atoms with E-state index in [0.717, 1.165) is 24.5 Å². The van der Waals surface area contributed by atoms with Crippen LogP contribution < -0.4 is 5.32 Å². The molecule has 0 aliphatic heterocycles. The van der Waals surface area contributed by atoms with Crippen LogP contribution in [0.1, 0.15) is 5.69 Å². The summed E-state index contributed by atoms with van der Waals surface area (Å²) in [6.07, 6.45) is 4.07. The Morgan fingerprint density at radius 3 is 2.88 bits per heavy atom. The first-order valence-electron chi connectivity index (χ1n) is 4.96. The SMILES string of the molecule is Clc1cc(NCCc2ccccn2)ncn1. The van der Waals surface area contributed by atoms with Gasteiger partial charge in [-0.25, -0.2) is 9.97 Å². The van der Waals surface area contributed by atoms with Gasteiger partial charge in [-0.3, -0.25) is 4.98 Å². The molecule has 2 aromatic rings. The fraction of sp³-hybridized carbons (Fsp3) is 0.182. The fourth-order valence-electron chi connectivity index (χ4n) is 1.29. The molecule has 0 aliphatic carbocycles. The largest absolute Gasteiger partial charge is 0.370 e. The Bertz CT molecular complexity index is 447. The van der Waals surface area contributed by atoms with Crippen molar-refractivity contribution in [2.75, 3.05) is 11.9 Å². The lowest BCUT2D eigenvalue weighted by Gasteiger charge is -2.04. The smallest absolute Gasteiger partial charge is 0.134 e. The highest BCUT2D eigenvalue weighted by molar-refractivity contribution is 6.29. The molecule has 2 heterocycles. The first kappa shape index (κ1) is 10.8. The van der Waals surface area contributed by atoms with Crippen molar-refractivity contribution >= 4 is 17.4 Å². The summed E-state index contributed by atoms with van der Waals surface area (Å²) < 4.78 is 0. The molecule has 0 radical (unpaired) electrons. The van der Waals surface area contributed by atoms with Gasteiger partial charge in [0, 0.05) is 30.9 Å². The average molecular weight is 235 g/mol. The number of halogens is 1. The first-order valence-corrected chi connectivity index (χ1v) is 5.34. The van der Waals surface area contributed by atoms with E-state index in [0.29, 0.717) is 5.15 Å². The van der Waals surface area contributed by atoms with E-state index in [1.165, 1.54) is 6.33 Å². The molecular formula is C11H11ClN4. The number of pyridine rings is 1. The monoisotopic (exact) mass is 234 g/mol. The number of nitrogens with zero attached hydrogens (tertiary/aromatic N) is 3. The molecule has 0 atom stereocenters. The van der Waals surface area contributed by atoms with E-state index in [-0.39, 0.29) is 0 Å². The van der Waals surface area contributed by atoms with Crippen LogP contribution >= 0.6 is 11.6 Å². The van der Waals surface area contributed by atoms with E-state index < -0.39 is 0 Å². The van der Waals surface area contributed by atoms with Crippen LogP contribution in [0.25, 0.3) is 0 Å². The lowest BCUT2D eigenvalue weighted by atomic mass is 10.3. The van der Waals surface area contributed by atoms with Crippen LogP contribution in [-0.4, -0.2) is 21.5 Å². The van der Waals surface area contributed by atoms with Crippen LogP contribution in [0, 0.1) is 0 Å². The average Bonchev–Trinajstić information content (AvgIpc) is 2.30. The van der Waals surface area contributed by atoms with Gasteiger partial charge >= 0.3 is 0 Å². The second-order valence-electron chi connectivity index (χ2n) is 3.22. The molecule has 0 aromatic carbocycles. The molecule has 2 aromatic heterocycles. The van der Waals surface area contributed by atoms with Gasteiger partial charge in [-0.05, 0) is 12.1 Å². The molecule has 0 spiro atoms. The minimum Gasteiger partial charge on any atom is -0.370 e. The summed E-state index contributed by atoms with van der Waals surface area (Å²) in [7, 11) is 0. The predicted octanol–water partition coefficient (Wildman–Crippen LogP) is 2.18. The van der Waals surface area contributed by atoms with Crippen LogP contribution in [0.3, 0.4) is 0 Å². The lowest BCUT2D eigenvalue weighted by Crippen LogP contribution is -2.07. The zero-order valence-electron chi connectivity index (χ0n) is 8.60. The summed E-state index contributed by atoms with van der Waals surface area (Å²) in [4.78, 5) is 12.1. The van der Waals surface area contributed by atoms with Crippen LogP contribution in [-0.2, 0) is 6.42 Å². The molecule has 16 heavy (non-hydrogen) atoms. The van der Waals surface area contributed by atoms with E-state index in [9.17, 15) is 0 Å². The second kappa shape index (κ2) is 5.42. The number of aromatic nitrogens is 3. The van der Waals surface area contributed by atoms with Crippen LogP contribution in [0.2, 0.25) is 5.15 Å².